The van der Waals surface area contributed by atoms with Crippen molar-refractivity contribution in [1.29, 1.82) is 0 Å². The molecule has 3 nitrogen and oxygen atoms in total. The number of nitrogens with zero attached hydrogens (tertiary/aromatic N) is 1. The number of hydrogen-bond donors (Lipinski definition) is 1. The first-order chi connectivity index (χ1) is 9.08. The summed E-state index contributed by atoms with van der Waals surface area (Å²) in [6.07, 6.45) is 5.86. The number of ketones is 1. The fourth-order valence-corrected chi connectivity index (χ4v) is 1.68. The normalized spacial score (nSPS) is 9.16. The predicted molar refractivity (Wildman–Crippen MR) is 79.4 cm³/mol. The van der Waals surface area contributed by atoms with Gasteiger partial charge in [-0.05, 0) is 30.4 Å². The summed E-state index contributed by atoms with van der Waals surface area (Å²) in [4.78, 5) is 17.0. The highest BCUT2D eigenvalue weighted by molar-refractivity contribution is 6.36. The lowest BCUT2D eigenvalue weighted by Gasteiger charge is -2.00. The Morgan fingerprint density at radius 3 is 2.37 bits per heavy atom. The maximum Gasteiger partial charge on any atom is 0.177 e. The number of aromatic amines is 1. The monoisotopic (exact) mass is 294 g/mol. The molecule has 0 saturated carbocycles. The molecule has 0 saturated heterocycles. The Labute approximate surface area is 121 Å². The molecule has 0 atom stereocenters. The molecular formula is C14H12Cl2N2O. The molecule has 0 amide bonds. The molecule has 0 aliphatic rings. The quantitative estimate of drug-likeness (QED) is 0.857. The van der Waals surface area contributed by atoms with Gasteiger partial charge in [0.25, 0.3) is 0 Å². The molecule has 1 aromatic heterocycles. The Balaban J connectivity index is 0.000000258. The number of allylic oxidation sites excluding steroid dienone is 2. The number of hydrogen-bond acceptors (Lipinski definition) is 2. The molecule has 1 N–H and O–H groups in total. The lowest BCUT2D eigenvalue weighted by atomic mass is 10.2. The third-order valence-electron chi connectivity index (χ3n) is 2.09. The maximum absolute atomic E-state index is 9.94. The molecule has 2 aromatic rings. The first kappa shape index (κ1) is 15.2. The number of H-pyrrole nitrogens is 1. The molecule has 19 heavy (non-hydrogen) atoms. The van der Waals surface area contributed by atoms with E-state index in [-0.39, 0.29) is 5.78 Å². The van der Waals surface area contributed by atoms with Gasteiger partial charge in [0, 0.05) is 23.0 Å². The largest absolute Gasteiger partial charge is 0.345 e. The van der Waals surface area contributed by atoms with E-state index in [0.717, 1.165) is 11.4 Å². The second-order valence-corrected chi connectivity index (χ2v) is 4.22. The van der Waals surface area contributed by atoms with Gasteiger partial charge in [0.05, 0.1) is 5.02 Å². The lowest BCUT2D eigenvalue weighted by molar-refractivity contribution is -0.110. The SMILES string of the molecule is C=CC(=O)C=C.Clc1ccc(-c2ncc[nH]2)c(Cl)c1. The van der Waals surface area contributed by atoms with Crippen LogP contribution >= 0.6 is 23.2 Å². The molecule has 2 rings (SSSR count). The van der Waals surface area contributed by atoms with E-state index in [9.17, 15) is 4.79 Å². The van der Waals surface area contributed by atoms with E-state index in [0.29, 0.717) is 10.0 Å². The van der Waals surface area contributed by atoms with Crippen LogP contribution in [-0.4, -0.2) is 15.8 Å². The van der Waals surface area contributed by atoms with Gasteiger partial charge in [-0.3, -0.25) is 4.79 Å². The van der Waals surface area contributed by atoms with Crippen LogP contribution in [0.15, 0.2) is 55.9 Å². The van der Waals surface area contributed by atoms with Crippen LogP contribution in [0.3, 0.4) is 0 Å². The zero-order valence-corrected chi connectivity index (χ0v) is 11.6. The highest BCUT2D eigenvalue weighted by atomic mass is 35.5. The lowest BCUT2D eigenvalue weighted by Crippen LogP contribution is -1.81. The van der Waals surface area contributed by atoms with Crippen molar-refractivity contribution in [3.63, 3.8) is 0 Å². The fourth-order valence-electron chi connectivity index (χ4n) is 1.18. The first-order valence-electron chi connectivity index (χ1n) is 5.32. The predicted octanol–water partition coefficient (Wildman–Crippen LogP) is 4.31. The minimum atomic E-state index is -0.130. The molecule has 98 valence electrons. The second-order valence-electron chi connectivity index (χ2n) is 3.37. The van der Waals surface area contributed by atoms with Crippen molar-refractivity contribution < 1.29 is 4.79 Å². The minimum Gasteiger partial charge on any atom is -0.345 e. The number of nitrogens with one attached hydrogen (secondary N) is 1. The van der Waals surface area contributed by atoms with Crippen molar-refractivity contribution in [3.8, 4) is 11.4 Å². The van der Waals surface area contributed by atoms with Crippen molar-refractivity contribution in [2.24, 2.45) is 0 Å². The summed E-state index contributed by atoms with van der Waals surface area (Å²) < 4.78 is 0. The Bertz CT molecular complexity index is 567. The maximum atomic E-state index is 9.94. The van der Waals surface area contributed by atoms with E-state index in [1.54, 1.807) is 24.5 Å². The number of benzene rings is 1. The van der Waals surface area contributed by atoms with Gasteiger partial charge in [-0.2, -0.15) is 0 Å². The number of aromatic nitrogens is 2. The van der Waals surface area contributed by atoms with Gasteiger partial charge in [0.2, 0.25) is 0 Å². The number of carbonyl (C=O) groups excluding carboxylic acids is 1. The summed E-state index contributed by atoms with van der Waals surface area (Å²) in [5.74, 6) is 0.622. The van der Waals surface area contributed by atoms with Gasteiger partial charge < -0.3 is 4.98 Å². The van der Waals surface area contributed by atoms with Gasteiger partial charge in [-0.1, -0.05) is 36.4 Å². The van der Waals surface area contributed by atoms with Crippen molar-refractivity contribution in [2.45, 2.75) is 0 Å². The van der Waals surface area contributed by atoms with Crippen molar-refractivity contribution >= 4 is 29.0 Å². The molecule has 0 spiro atoms. The molecule has 0 unspecified atom stereocenters. The summed E-state index contributed by atoms with van der Waals surface area (Å²) in [6.45, 7) is 6.42. The number of halogens is 2. The molecule has 0 aliphatic carbocycles. The molecule has 0 fully saturated rings. The van der Waals surface area contributed by atoms with Gasteiger partial charge in [-0.15, -0.1) is 0 Å². The highest BCUT2D eigenvalue weighted by Gasteiger charge is 2.04. The topological polar surface area (TPSA) is 45.8 Å². The highest BCUT2D eigenvalue weighted by Crippen LogP contribution is 2.27. The van der Waals surface area contributed by atoms with Gasteiger partial charge in [-0.25, -0.2) is 4.98 Å². The third kappa shape index (κ3) is 4.73. The summed E-state index contributed by atoms with van der Waals surface area (Å²) >= 11 is 11.7. The van der Waals surface area contributed by atoms with Crippen LogP contribution in [0, 0.1) is 0 Å². The average Bonchev–Trinajstić information content (AvgIpc) is 2.92. The number of rotatable bonds is 3. The van der Waals surface area contributed by atoms with Gasteiger partial charge in [0.15, 0.2) is 5.78 Å². The van der Waals surface area contributed by atoms with Crippen LogP contribution < -0.4 is 0 Å². The number of imidazole rings is 1. The second kappa shape index (κ2) is 7.56. The molecule has 5 heteroatoms. The summed E-state index contributed by atoms with van der Waals surface area (Å²) in [5.41, 5.74) is 0.857. The molecule has 0 bridgehead atoms. The van der Waals surface area contributed by atoms with E-state index in [1.165, 1.54) is 12.2 Å². The number of carbonyl (C=O) groups is 1. The third-order valence-corrected chi connectivity index (χ3v) is 2.63. The van der Waals surface area contributed by atoms with Crippen LogP contribution in [0.1, 0.15) is 0 Å². The van der Waals surface area contributed by atoms with Crippen LogP contribution in [0.2, 0.25) is 10.0 Å². The molecule has 1 aromatic carbocycles. The van der Waals surface area contributed by atoms with Gasteiger partial charge >= 0.3 is 0 Å². The van der Waals surface area contributed by atoms with E-state index >= 15 is 0 Å². The Kier molecular flexibility index (Phi) is 6.06. The van der Waals surface area contributed by atoms with Gasteiger partial charge in [0.1, 0.15) is 5.82 Å². The zero-order chi connectivity index (χ0) is 14.3. The molecule has 0 radical (unpaired) electrons. The summed E-state index contributed by atoms with van der Waals surface area (Å²) in [5, 5.41) is 1.22. The summed E-state index contributed by atoms with van der Waals surface area (Å²) in [7, 11) is 0. The Morgan fingerprint density at radius 1 is 1.26 bits per heavy atom. The van der Waals surface area contributed by atoms with Crippen LogP contribution in [0.4, 0.5) is 0 Å². The van der Waals surface area contributed by atoms with E-state index in [2.05, 4.69) is 23.1 Å². The van der Waals surface area contributed by atoms with Crippen molar-refractivity contribution in [3.05, 3.63) is 65.9 Å². The van der Waals surface area contributed by atoms with Crippen molar-refractivity contribution in [1.82, 2.24) is 9.97 Å². The van der Waals surface area contributed by atoms with E-state index in [4.69, 9.17) is 23.2 Å². The van der Waals surface area contributed by atoms with E-state index in [1.807, 2.05) is 6.07 Å². The Hall–Kier alpha value is -1.84. The van der Waals surface area contributed by atoms with E-state index < -0.39 is 0 Å². The first-order valence-corrected chi connectivity index (χ1v) is 6.07. The van der Waals surface area contributed by atoms with Crippen LogP contribution in [0.25, 0.3) is 11.4 Å². The Morgan fingerprint density at radius 2 is 1.95 bits per heavy atom. The molecule has 0 aliphatic heterocycles. The average molecular weight is 295 g/mol. The standard InChI is InChI=1S/C9H6Cl2N2.C5H6O/c10-6-1-2-7(8(11)5-6)9-12-3-4-13-9;1-3-5(6)4-2/h1-5H,(H,12,13);3-4H,1-2H2. The van der Waals surface area contributed by atoms with Crippen molar-refractivity contribution in [2.75, 3.05) is 0 Å². The van der Waals surface area contributed by atoms with Crippen LogP contribution in [-0.2, 0) is 4.79 Å². The molecule has 1 heterocycles. The minimum absolute atomic E-state index is 0.130. The smallest absolute Gasteiger partial charge is 0.177 e. The fraction of sp³-hybridized carbons (Fsp3) is 0. The molecular weight excluding hydrogens is 283 g/mol. The zero-order valence-electron chi connectivity index (χ0n) is 10.1. The van der Waals surface area contributed by atoms with Crippen LogP contribution in [0.5, 0.6) is 0 Å². The summed E-state index contributed by atoms with van der Waals surface area (Å²) in [6, 6.07) is 5.32.